The highest BCUT2D eigenvalue weighted by molar-refractivity contribution is 7.71. The number of aromatic nitrogens is 3. The summed E-state index contributed by atoms with van der Waals surface area (Å²) in [5.74, 6) is 1.62. The number of anilines is 1. The van der Waals surface area contributed by atoms with Gasteiger partial charge in [-0.05, 0) is 49.3 Å². The van der Waals surface area contributed by atoms with Crippen molar-refractivity contribution >= 4 is 17.9 Å². The Hall–Kier alpha value is -2.60. The summed E-state index contributed by atoms with van der Waals surface area (Å²) in [6.07, 6.45) is 0. The molecule has 0 saturated heterocycles. The molecule has 0 atom stereocenters. The van der Waals surface area contributed by atoms with Crippen molar-refractivity contribution in [1.29, 1.82) is 0 Å². The number of ether oxygens (including phenoxy) is 1. The first-order chi connectivity index (χ1) is 11.6. The number of nitrogens with one attached hydrogen (secondary N) is 2. The van der Waals surface area contributed by atoms with E-state index in [1.54, 1.807) is 7.11 Å². The molecule has 6 heteroatoms. The lowest BCUT2D eigenvalue weighted by Gasteiger charge is -2.14. The van der Waals surface area contributed by atoms with Crippen molar-refractivity contribution in [2.24, 2.45) is 0 Å². The molecule has 1 aromatic heterocycles. The van der Waals surface area contributed by atoms with Gasteiger partial charge in [-0.25, -0.2) is 0 Å². The zero-order valence-corrected chi connectivity index (χ0v) is 14.8. The van der Waals surface area contributed by atoms with Crippen LogP contribution in [0.5, 0.6) is 5.75 Å². The summed E-state index contributed by atoms with van der Waals surface area (Å²) in [6, 6.07) is 14.0. The van der Waals surface area contributed by atoms with Gasteiger partial charge < -0.3 is 10.1 Å². The molecule has 0 saturated carbocycles. The SMILES string of the molecule is COc1ccccc1NCc1n[nH]c(=S)n1-c1c(C)cccc1C. The minimum absolute atomic E-state index is 0.529. The number of aryl methyl sites for hydroxylation is 2. The molecule has 3 rings (SSSR count). The number of hydrogen-bond donors (Lipinski definition) is 2. The predicted octanol–water partition coefficient (Wildman–Crippen LogP) is 4.17. The summed E-state index contributed by atoms with van der Waals surface area (Å²) in [6.45, 7) is 4.68. The molecule has 1 heterocycles. The van der Waals surface area contributed by atoms with Crippen molar-refractivity contribution < 1.29 is 4.74 Å². The summed E-state index contributed by atoms with van der Waals surface area (Å²) in [4.78, 5) is 0. The van der Waals surface area contributed by atoms with Crippen LogP contribution in [-0.2, 0) is 6.54 Å². The van der Waals surface area contributed by atoms with Crippen molar-refractivity contribution in [1.82, 2.24) is 14.8 Å². The van der Waals surface area contributed by atoms with Crippen molar-refractivity contribution in [3.63, 3.8) is 0 Å². The summed E-state index contributed by atoms with van der Waals surface area (Å²) in [5.41, 5.74) is 4.31. The molecule has 0 spiro atoms. The molecule has 3 aromatic rings. The Labute approximate surface area is 146 Å². The molecule has 124 valence electrons. The number of benzene rings is 2. The number of hydrogen-bond acceptors (Lipinski definition) is 4. The third-order valence-corrected chi connectivity index (χ3v) is 4.22. The monoisotopic (exact) mass is 340 g/mol. The van der Waals surface area contributed by atoms with E-state index in [0.29, 0.717) is 11.3 Å². The quantitative estimate of drug-likeness (QED) is 0.685. The third-order valence-electron chi connectivity index (χ3n) is 3.95. The lowest BCUT2D eigenvalue weighted by atomic mass is 10.1. The van der Waals surface area contributed by atoms with E-state index >= 15 is 0 Å². The Balaban J connectivity index is 1.95. The van der Waals surface area contributed by atoms with Crippen molar-refractivity contribution in [2.45, 2.75) is 20.4 Å². The average Bonchev–Trinajstić information content (AvgIpc) is 2.94. The summed E-state index contributed by atoms with van der Waals surface area (Å²) >= 11 is 5.45. The molecule has 0 fully saturated rings. The normalized spacial score (nSPS) is 10.6. The fourth-order valence-corrected chi connectivity index (χ4v) is 3.04. The first-order valence-electron chi connectivity index (χ1n) is 7.71. The van der Waals surface area contributed by atoms with E-state index < -0.39 is 0 Å². The molecule has 0 aliphatic heterocycles. The molecular formula is C18H20N4OS. The van der Waals surface area contributed by atoms with Gasteiger partial charge in [-0.15, -0.1) is 0 Å². The lowest BCUT2D eigenvalue weighted by molar-refractivity contribution is 0.416. The molecule has 24 heavy (non-hydrogen) atoms. The number of para-hydroxylation sites is 3. The van der Waals surface area contributed by atoms with Crippen molar-refractivity contribution in [3.8, 4) is 11.4 Å². The third kappa shape index (κ3) is 3.05. The van der Waals surface area contributed by atoms with E-state index in [1.165, 1.54) is 0 Å². The van der Waals surface area contributed by atoms with Crippen molar-refractivity contribution in [2.75, 3.05) is 12.4 Å². The van der Waals surface area contributed by atoms with E-state index in [4.69, 9.17) is 17.0 Å². The van der Waals surface area contributed by atoms with Crippen LogP contribution in [-0.4, -0.2) is 21.9 Å². The van der Waals surface area contributed by atoms with Crippen molar-refractivity contribution in [3.05, 3.63) is 64.2 Å². The molecule has 0 aliphatic carbocycles. The van der Waals surface area contributed by atoms with E-state index in [2.05, 4.69) is 41.5 Å². The highest BCUT2D eigenvalue weighted by atomic mass is 32.1. The summed E-state index contributed by atoms with van der Waals surface area (Å²) < 4.78 is 7.95. The van der Waals surface area contributed by atoms with Crippen LogP contribution in [0.2, 0.25) is 0 Å². The Morgan fingerprint density at radius 1 is 1.12 bits per heavy atom. The second-order valence-electron chi connectivity index (χ2n) is 5.57. The van der Waals surface area contributed by atoms with Crippen LogP contribution < -0.4 is 10.1 Å². The highest BCUT2D eigenvalue weighted by Gasteiger charge is 2.13. The van der Waals surface area contributed by atoms with Gasteiger partial charge in [0, 0.05) is 0 Å². The zero-order chi connectivity index (χ0) is 17.1. The standard InChI is InChI=1S/C18H20N4OS/c1-12-7-6-8-13(2)17(12)22-16(20-21-18(22)24)11-19-14-9-4-5-10-15(14)23-3/h4-10,19H,11H2,1-3H3,(H,21,24). The van der Waals surface area contributed by atoms with E-state index in [-0.39, 0.29) is 0 Å². The van der Waals surface area contributed by atoms with Gasteiger partial charge >= 0.3 is 0 Å². The van der Waals surface area contributed by atoms with Gasteiger partial charge in [-0.1, -0.05) is 30.3 Å². The smallest absolute Gasteiger partial charge is 0.199 e. The number of H-pyrrole nitrogens is 1. The van der Waals surface area contributed by atoms with E-state index in [0.717, 1.165) is 34.1 Å². The molecule has 0 unspecified atom stereocenters. The highest BCUT2D eigenvalue weighted by Crippen LogP contribution is 2.25. The largest absolute Gasteiger partial charge is 0.495 e. The zero-order valence-electron chi connectivity index (χ0n) is 14.0. The molecule has 2 aromatic carbocycles. The maximum Gasteiger partial charge on any atom is 0.199 e. The molecule has 5 nitrogen and oxygen atoms in total. The van der Waals surface area contributed by atoms with Crippen LogP contribution in [0.1, 0.15) is 17.0 Å². The second kappa shape index (κ2) is 6.88. The summed E-state index contributed by atoms with van der Waals surface area (Å²) in [7, 11) is 1.66. The number of nitrogens with zero attached hydrogens (tertiary/aromatic N) is 2. The van der Waals surface area contributed by atoms with Gasteiger partial charge in [0.15, 0.2) is 10.6 Å². The Morgan fingerprint density at radius 3 is 2.54 bits per heavy atom. The van der Waals surface area contributed by atoms with Gasteiger partial charge in [0.05, 0.1) is 25.0 Å². The minimum atomic E-state index is 0.529. The molecule has 0 radical (unpaired) electrons. The molecule has 2 N–H and O–H groups in total. The van der Waals surface area contributed by atoms with E-state index in [9.17, 15) is 0 Å². The molecule has 0 amide bonds. The Bertz CT molecular complexity index is 893. The van der Waals surface area contributed by atoms with Gasteiger partial charge in [-0.3, -0.25) is 9.67 Å². The molecule has 0 aliphatic rings. The second-order valence-corrected chi connectivity index (χ2v) is 5.96. The number of rotatable bonds is 5. The number of methoxy groups -OCH3 is 1. The van der Waals surface area contributed by atoms with Crippen LogP contribution in [0.25, 0.3) is 5.69 Å². The van der Waals surface area contributed by atoms with Crippen LogP contribution in [0.3, 0.4) is 0 Å². The van der Waals surface area contributed by atoms with Gasteiger partial charge in [0.2, 0.25) is 0 Å². The summed E-state index contributed by atoms with van der Waals surface area (Å²) in [5, 5.41) is 10.7. The molecule has 0 bridgehead atoms. The lowest BCUT2D eigenvalue weighted by Crippen LogP contribution is -2.10. The van der Waals surface area contributed by atoms with Gasteiger partial charge in [0.1, 0.15) is 5.75 Å². The predicted molar refractivity (Wildman–Crippen MR) is 98.5 cm³/mol. The molecular weight excluding hydrogens is 320 g/mol. The Kier molecular flexibility index (Phi) is 4.66. The number of aromatic amines is 1. The van der Waals surface area contributed by atoms with Gasteiger partial charge in [0.25, 0.3) is 0 Å². The van der Waals surface area contributed by atoms with Crippen LogP contribution in [0, 0.1) is 18.6 Å². The maximum atomic E-state index is 5.45. The van der Waals surface area contributed by atoms with Crippen LogP contribution in [0.4, 0.5) is 5.69 Å². The fraction of sp³-hybridized carbons (Fsp3) is 0.222. The first kappa shape index (κ1) is 16.3. The van der Waals surface area contributed by atoms with Crippen LogP contribution >= 0.6 is 12.2 Å². The maximum absolute atomic E-state index is 5.45. The fourth-order valence-electron chi connectivity index (χ4n) is 2.80. The van der Waals surface area contributed by atoms with E-state index in [1.807, 2.05) is 34.9 Å². The minimum Gasteiger partial charge on any atom is -0.495 e. The van der Waals surface area contributed by atoms with Crippen LogP contribution in [0.15, 0.2) is 42.5 Å². The first-order valence-corrected chi connectivity index (χ1v) is 8.12. The average molecular weight is 340 g/mol. The topological polar surface area (TPSA) is 54.9 Å². The van der Waals surface area contributed by atoms with Gasteiger partial charge in [-0.2, -0.15) is 5.10 Å². The Morgan fingerprint density at radius 2 is 1.83 bits per heavy atom.